The van der Waals surface area contributed by atoms with Crippen molar-refractivity contribution in [2.45, 2.75) is 13.5 Å². The number of carbonyl (C=O) groups is 1. The standard InChI is InChI=1S/C22H19N3O/c1-16-8-7-11-18(14-16)23-21(26)15-25-20-13-6-5-12-19(20)24-22(25)17-9-3-2-4-10-17/h2-14H,15H2,1H3,(H,23,26). The van der Waals surface area contributed by atoms with E-state index in [1.54, 1.807) is 0 Å². The third-order valence-electron chi connectivity index (χ3n) is 4.29. The van der Waals surface area contributed by atoms with E-state index in [9.17, 15) is 4.79 Å². The number of carbonyl (C=O) groups excluding carboxylic acids is 1. The van der Waals surface area contributed by atoms with Gasteiger partial charge in [-0.05, 0) is 36.8 Å². The molecule has 0 aliphatic rings. The second-order valence-electron chi connectivity index (χ2n) is 6.29. The third-order valence-corrected chi connectivity index (χ3v) is 4.29. The van der Waals surface area contributed by atoms with E-state index in [0.717, 1.165) is 33.7 Å². The predicted molar refractivity (Wildman–Crippen MR) is 105 cm³/mol. The van der Waals surface area contributed by atoms with Crippen LogP contribution in [-0.4, -0.2) is 15.5 Å². The highest BCUT2D eigenvalue weighted by atomic mass is 16.1. The van der Waals surface area contributed by atoms with E-state index < -0.39 is 0 Å². The highest BCUT2D eigenvalue weighted by Crippen LogP contribution is 2.24. The van der Waals surface area contributed by atoms with Crippen LogP contribution in [-0.2, 0) is 11.3 Å². The number of hydrogen-bond donors (Lipinski definition) is 1. The Morgan fingerprint density at radius 3 is 2.54 bits per heavy atom. The minimum atomic E-state index is -0.0732. The van der Waals surface area contributed by atoms with Crippen molar-refractivity contribution in [2.24, 2.45) is 0 Å². The van der Waals surface area contributed by atoms with Gasteiger partial charge in [-0.2, -0.15) is 0 Å². The summed E-state index contributed by atoms with van der Waals surface area (Å²) in [5.41, 5.74) is 4.74. The molecule has 0 saturated heterocycles. The quantitative estimate of drug-likeness (QED) is 0.587. The van der Waals surface area contributed by atoms with E-state index in [1.807, 2.05) is 90.4 Å². The molecule has 1 heterocycles. The van der Waals surface area contributed by atoms with Crippen LogP contribution in [0, 0.1) is 6.92 Å². The molecule has 0 bridgehead atoms. The van der Waals surface area contributed by atoms with Crippen LogP contribution >= 0.6 is 0 Å². The van der Waals surface area contributed by atoms with Crippen LogP contribution in [0.15, 0.2) is 78.9 Å². The lowest BCUT2D eigenvalue weighted by Gasteiger charge is -2.10. The van der Waals surface area contributed by atoms with Gasteiger partial charge in [-0.15, -0.1) is 0 Å². The van der Waals surface area contributed by atoms with Crippen molar-refractivity contribution < 1.29 is 4.79 Å². The molecule has 4 aromatic rings. The number of para-hydroxylation sites is 2. The molecule has 0 spiro atoms. The Bertz CT molecular complexity index is 1070. The summed E-state index contributed by atoms with van der Waals surface area (Å²) in [5, 5.41) is 2.98. The first-order valence-electron chi connectivity index (χ1n) is 8.58. The third kappa shape index (κ3) is 3.22. The number of aromatic nitrogens is 2. The summed E-state index contributed by atoms with van der Waals surface area (Å²) >= 11 is 0. The largest absolute Gasteiger partial charge is 0.325 e. The van der Waals surface area contributed by atoms with Gasteiger partial charge in [0, 0.05) is 11.3 Å². The summed E-state index contributed by atoms with van der Waals surface area (Å²) < 4.78 is 1.97. The van der Waals surface area contributed by atoms with Crippen molar-refractivity contribution in [1.29, 1.82) is 0 Å². The average Bonchev–Trinajstić information content (AvgIpc) is 3.01. The maximum absolute atomic E-state index is 12.7. The van der Waals surface area contributed by atoms with Gasteiger partial charge in [-0.1, -0.05) is 54.6 Å². The zero-order valence-electron chi connectivity index (χ0n) is 14.5. The summed E-state index contributed by atoms with van der Waals surface area (Å²) in [6, 6.07) is 25.6. The minimum absolute atomic E-state index is 0.0732. The fourth-order valence-electron chi connectivity index (χ4n) is 3.11. The SMILES string of the molecule is Cc1cccc(NC(=O)Cn2c(-c3ccccc3)nc3ccccc32)c1. The summed E-state index contributed by atoms with van der Waals surface area (Å²) in [7, 11) is 0. The summed E-state index contributed by atoms with van der Waals surface area (Å²) in [6.45, 7) is 2.21. The van der Waals surface area contributed by atoms with E-state index in [0.29, 0.717) is 0 Å². The van der Waals surface area contributed by atoms with Gasteiger partial charge in [0.1, 0.15) is 12.4 Å². The molecule has 4 rings (SSSR count). The maximum Gasteiger partial charge on any atom is 0.244 e. The molecule has 4 heteroatoms. The Kier molecular flexibility index (Phi) is 4.23. The Morgan fingerprint density at radius 2 is 1.73 bits per heavy atom. The van der Waals surface area contributed by atoms with Gasteiger partial charge in [0.15, 0.2) is 0 Å². The molecule has 0 atom stereocenters. The normalized spacial score (nSPS) is 10.8. The smallest absolute Gasteiger partial charge is 0.244 e. The number of fused-ring (bicyclic) bond motifs is 1. The zero-order valence-corrected chi connectivity index (χ0v) is 14.5. The van der Waals surface area contributed by atoms with E-state index in [1.165, 1.54) is 0 Å². The van der Waals surface area contributed by atoms with E-state index in [2.05, 4.69) is 5.32 Å². The second kappa shape index (κ2) is 6.84. The van der Waals surface area contributed by atoms with Crippen LogP contribution in [0.1, 0.15) is 5.56 Å². The van der Waals surface area contributed by atoms with Crippen molar-refractivity contribution in [1.82, 2.24) is 9.55 Å². The summed E-state index contributed by atoms with van der Waals surface area (Å²) in [5.74, 6) is 0.724. The molecular formula is C22H19N3O. The summed E-state index contributed by atoms with van der Waals surface area (Å²) in [4.78, 5) is 17.4. The topological polar surface area (TPSA) is 46.9 Å². The van der Waals surface area contributed by atoms with E-state index >= 15 is 0 Å². The fourth-order valence-corrected chi connectivity index (χ4v) is 3.11. The molecule has 4 nitrogen and oxygen atoms in total. The number of nitrogens with one attached hydrogen (secondary N) is 1. The highest BCUT2D eigenvalue weighted by Gasteiger charge is 2.15. The molecule has 26 heavy (non-hydrogen) atoms. The van der Waals surface area contributed by atoms with Gasteiger partial charge in [-0.25, -0.2) is 4.98 Å². The van der Waals surface area contributed by atoms with Gasteiger partial charge < -0.3 is 9.88 Å². The number of hydrogen-bond acceptors (Lipinski definition) is 2. The monoisotopic (exact) mass is 341 g/mol. The molecule has 3 aromatic carbocycles. The van der Waals surface area contributed by atoms with Crippen LogP contribution in [0.25, 0.3) is 22.4 Å². The van der Waals surface area contributed by atoms with Crippen molar-refractivity contribution >= 4 is 22.6 Å². The minimum Gasteiger partial charge on any atom is -0.325 e. The average molecular weight is 341 g/mol. The number of anilines is 1. The van der Waals surface area contributed by atoms with Gasteiger partial charge in [0.05, 0.1) is 11.0 Å². The lowest BCUT2D eigenvalue weighted by Crippen LogP contribution is -2.19. The summed E-state index contributed by atoms with van der Waals surface area (Å²) in [6.07, 6.45) is 0. The first-order chi connectivity index (χ1) is 12.7. The Labute approximate surface area is 152 Å². The molecular weight excluding hydrogens is 322 g/mol. The molecule has 0 aliphatic carbocycles. The number of aryl methyl sites for hydroxylation is 1. The zero-order chi connectivity index (χ0) is 17.9. The van der Waals surface area contributed by atoms with Crippen molar-refractivity contribution in [3.05, 3.63) is 84.4 Å². The van der Waals surface area contributed by atoms with Crippen LogP contribution in [0.3, 0.4) is 0 Å². The van der Waals surface area contributed by atoms with Crippen molar-refractivity contribution in [3.63, 3.8) is 0 Å². The van der Waals surface area contributed by atoms with E-state index in [-0.39, 0.29) is 12.5 Å². The van der Waals surface area contributed by atoms with Gasteiger partial charge >= 0.3 is 0 Å². The Morgan fingerprint density at radius 1 is 0.962 bits per heavy atom. The molecule has 1 N–H and O–H groups in total. The predicted octanol–water partition coefficient (Wildman–Crippen LogP) is 4.65. The second-order valence-corrected chi connectivity index (χ2v) is 6.29. The first kappa shape index (κ1) is 16.1. The lowest BCUT2D eigenvalue weighted by atomic mass is 10.2. The van der Waals surface area contributed by atoms with Crippen LogP contribution in [0.5, 0.6) is 0 Å². The van der Waals surface area contributed by atoms with Crippen molar-refractivity contribution in [2.75, 3.05) is 5.32 Å². The van der Waals surface area contributed by atoms with E-state index in [4.69, 9.17) is 4.98 Å². The molecule has 0 aliphatic heterocycles. The number of benzene rings is 3. The first-order valence-corrected chi connectivity index (χ1v) is 8.58. The Hall–Kier alpha value is -3.40. The van der Waals surface area contributed by atoms with Gasteiger partial charge in [0.25, 0.3) is 0 Å². The maximum atomic E-state index is 12.7. The number of imidazole rings is 1. The fraction of sp³-hybridized carbons (Fsp3) is 0.0909. The molecule has 128 valence electrons. The number of rotatable bonds is 4. The number of amides is 1. The molecule has 0 unspecified atom stereocenters. The Balaban J connectivity index is 1.70. The molecule has 0 saturated carbocycles. The molecule has 1 aromatic heterocycles. The number of nitrogens with zero attached hydrogens (tertiary/aromatic N) is 2. The lowest BCUT2D eigenvalue weighted by molar-refractivity contribution is -0.116. The van der Waals surface area contributed by atoms with Crippen molar-refractivity contribution in [3.8, 4) is 11.4 Å². The van der Waals surface area contributed by atoms with Crippen LogP contribution < -0.4 is 5.32 Å². The molecule has 0 radical (unpaired) electrons. The van der Waals surface area contributed by atoms with Crippen LogP contribution in [0.4, 0.5) is 5.69 Å². The molecule has 1 amide bonds. The van der Waals surface area contributed by atoms with Gasteiger partial charge in [-0.3, -0.25) is 4.79 Å². The van der Waals surface area contributed by atoms with Crippen LogP contribution in [0.2, 0.25) is 0 Å². The highest BCUT2D eigenvalue weighted by molar-refractivity contribution is 5.92. The molecule has 0 fully saturated rings. The van der Waals surface area contributed by atoms with Gasteiger partial charge in [0.2, 0.25) is 5.91 Å².